The van der Waals surface area contributed by atoms with E-state index in [1.807, 2.05) is 6.07 Å². The van der Waals surface area contributed by atoms with Gasteiger partial charge in [-0.25, -0.2) is 14.4 Å². The number of benzene rings is 2. The summed E-state index contributed by atoms with van der Waals surface area (Å²) in [6.45, 7) is 8.08. The van der Waals surface area contributed by atoms with Crippen molar-refractivity contribution in [3.8, 4) is 23.0 Å². The van der Waals surface area contributed by atoms with Crippen molar-refractivity contribution < 1.29 is 56.3 Å². The number of unbranched alkanes of at least 4 members (excludes halogenated alkanes) is 4. The molecule has 2 aromatic carbocycles. The van der Waals surface area contributed by atoms with Gasteiger partial charge in [0.25, 0.3) is 0 Å². The molecular formula is C34H38F2O10. The van der Waals surface area contributed by atoms with Gasteiger partial charge in [-0.3, -0.25) is 0 Å². The van der Waals surface area contributed by atoms with E-state index in [9.17, 15) is 23.2 Å². The highest BCUT2D eigenvalue weighted by Gasteiger charge is 2.47. The van der Waals surface area contributed by atoms with Gasteiger partial charge in [0.2, 0.25) is 11.5 Å². The van der Waals surface area contributed by atoms with Crippen LogP contribution in [0.3, 0.4) is 0 Å². The van der Waals surface area contributed by atoms with Crippen molar-refractivity contribution in [1.29, 1.82) is 0 Å². The molecule has 0 aromatic heterocycles. The molecule has 12 heteroatoms. The third kappa shape index (κ3) is 10.0. The van der Waals surface area contributed by atoms with Crippen LogP contribution in [0.5, 0.6) is 23.0 Å². The van der Waals surface area contributed by atoms with E-state index in [1.165, 1.54) is 12.1 Å². The SMILES string of the molecule is C=CC(=O)OCCCCCCOc1ccc(OC(=O)c2ccc3c(c2)CCC(OCCCCOC(=O)C=C)C3)c2c1OC(F)(F)O2. The summed E-state index contributed by atoms with van der Waals surface area (Å²) in [4.78, 5) is 35.2. The van der Waals surface area contributed by atoms with Crippen LogP contribution < -0.4 is 18.9 Å². The molecule has 46 heavy (non-hydrogen) atoms. The lowest BCUT2D eigenvalue weighted by atomic mass is 9.88. The summed E-state index contributed by atoms with van der Waals surface area (Å²) < 4.78 is 64.5. The van der Waals surface area contributed by atoms with Gasteiger partial charge in [0, 0.05) is 18.8 Å². The summed E-state index contributed by atoms with van der Waals surface area (Å²) in [5.41, 5.74) is 2.32. The van der Waals surface area contributed by atoms with E-state index in [1.54, 1.807) is 12.1 Å². The quantitative estimate of drug-likeness (QED) is 0.0795. The number of fused-ring (bicyclic) bond motifs is 2. The normalized spacial score (nSPS) is 15.7. The van der Waals surface area contributed by atoms with Crippen LogP contribution in [0.1, 0.15) is 66.4 Å². The monoisotopic (exact) mass is 644 g/mol. The van der Waals surface area contributed by atoms with Crippen LogP contribution in [0, 0.1) is 0 Å². The molecule has 10 nitrogen and oxygen atoms in total. The molecule has 4 rings (SSSR count). The number of ether oxygens (including phenoxy) is 7. The first-order chi connectivity index (χ1) is 22.2. The van der Waals surface area contributed by atoms with Gasteiger partial charge in [0.15, 0.2) is 11.5 Å². The van der Waals surface area contributed by atoms with Crippen molar-refractivity contribution in [2.45, 2.75) is 70.2 Å². The van der Waals surface area contributed by atoms with Crippen LogP contribution in [-0.4, -0.2) is 56.7 Å². The molecule has 0 bridgehead atoms. The molecule has 0 N–H and O–H groups in total. The summed E-state index contributed by atoms with van der Waals surface area (Å²) in [6.07, 6.45) is 4.80. The van der Waals surface area contributed by atoms with E-state index < -0.39 is 30.0 Å². The Kier molecular flexibility index (Phi) is 12.5. The molecule has 1 aliphatic carbocycles. The van der Waals surface area contributed by atoms with Crippen LogP contribution in [-0.2, 0) is 36.6 Å². The van der Waals surface area contributed by atoms with Crippen LogP contribution >= 0.6 is 0 Å². The van der Waals surface area contributed by atoms with Gasteiger partial charge in [-0.15, -0.1) is 8.78 Å². The van der Waals surface area contributed by atoms with E-state index in [0.29, 0.717) is 51.9 Å². The summed E-state index contributed by atoms with van der Waals surface area (Å²) >= 11 is 0. The molecule has 248 valence electrons. The predicted molar refractivity (Wildman–Crippen MR) is 161 cm³/mol. The Bertz CT molecular complexity index is 1410. The number of hydrogen-bond acceptors (Lipinski definition) is 10. The Hall–Kier alpha value is -4.45. The van der Waals surface area contributed by atoms with Crippen LogP contribution in [0.4, 0.5) is 8.78 Å². The number of esters is 3. The molecule has 0 saturated heterocycles. The molecule has 1 unspecified atom stereocenters. The van der Waals surface area contributed by atoms with Crippen LogP contribution in [0.25, 0.3) is 0 Å². The van der Waals surface area contributed by atoms with Gasteiger partial charge in [-0.1, -0.05) is 19.2 Å². The lowest BCUT2D eigenvalue weighted by molar-refractivity contribution is -0.287. The van der Waals surface area contributed by atoms with Gasteiger partial charge in [0.1, 0.15) is 0 Å². The Balaban J connectivity index is 1.27. The lowest BCUT2D eigenvalue weighted by Crippen LogP contribution is -2.26. The van der Waals surface area contributed by atoms with Gasteiger partial charge >= 0.3 is 24.2 Å². The first-order valence-corrected chi connectivity index (χ1v) is 15.3. The van der Waals surface area contributed by atoms with E-state index in [2.05, 4.69) is 22.6 Å². The van der Waals surface area contributed by atoms with Crippen molar-refractivity contribution in [3.05, 3.63) is 72.3 Å². The van der Waals surface area contributed by atoms with E-state index in [-0.39, 0.29) is 35.5 Å². The molecule has 0 amide bonds. The van der Waals surface area contributed by atoms with Crippen LogP contribution in [0.2, 0.25) is 0 Å². The minimum absolute atomic E-state index is 0.0357. The Morgan fingerprint density at radius 2 is 1.41 bits per heavy atom. The second kappa shape index (κ2) is 16.7. The smallest absolute Gasteiger partial charge is 0.490 e. The molecule has 0 saturated carbocycles. The molecule has 1 aliphatic heterocycles. The first kappa shape index (κ1) is 34.4. The summed E-state index contributed by atoms with van der Waals surface area (Å²) in [5, 5.41) is 0. The van der Waals surface area contributed by atoms with Gasteiger partial charge < -0.3 is 33.2 Å². The van der Waals surface area contributed by atoms with Gasteiger partial charge in [-0.05, 0) is 93.2 Å². The summed E-state index contributed by atoms with van der Waals surface area (Å²) in [6, 6.07) is 7.94. The topological polar surface area (TPSA) is 116 Å². The molecular weight excluding hydrogens is 606 g/mol. The average Bonchev–Trinajstić information content (AvgIpc) is 3.39. The number of carbonyl (C=O) groups is 3. The number of carbonyl (C=O) groups excluding carboxylic acids is 3. The maximum Gasteiger partial charge on any atom is 0.586 e. The Morgan fingerprint density at radius 3 is 2.11 bits per heavy atom. The number of aryl methyl sites for hydroxylation is 1. The molecule has 2 aromatic rings. The Labute approximate surface area is 266 Å². The zero-order valence-corrected chi connectivity index (χ0v) is 25.6. The average molecular weight is 645 g/mol. The fourth-order valence-corrected chi connectivity index (χ4v) is 4.98. The molecule has 2 aliphatic rings. The van der Waals surface area contributed by atoms with Crippen molar-refractivity contribution in [1.82, 2.24) is 0 Å². The molecule has 0 spiro atoms. The van der Waals surface area contributed by atoms with E-state index >= 15 is 0 Å². The fraction of sp³-hybridized carbons (Fsp3) is 0.441. The highest BCUT2D eigenvalue weighted by atomic mass is 19.3. The second-order valence-electron chi connectivity index (χ2n) is 10.7. The van der Waals surface area contributed by atoms with E-state index in [4.69, 9.17) is 23.7 Å². The largest absolute Gasteiger partial charge is 0.586 e. The van der Waals surface area contributed by atoms with Crippen LogP contribution in [0.15, 0.2) is 55.6 Å². The standard InChI is InChI=1S/C34H38F2O10/c1-3-29(37)42-19-8-6-5-7-18-41-27-15-16-28(32-31(27)45-34(35,36)46-32)44-33(39)25-12-11-24-22-26(14-13-23(24)21-25)40-17-9-10-20-43-30(38)4-2/h3-4,11-12,15-16,21,26H,1-2,5-10,13-14,17-20,22H2. The molecule has 1 heterocycles. The minimum Gasteiger partial charge on any atom is -0.490 e. The van der Waals surface area contributed by atoms with Gasteiger partial charge in [-0.2, -0.15) is 0 Å². The zero-order chi connectivity index (χ0) is 32.9. The van der Waals surface area contributed by atoms with Crippen molar-refractivity contribution in [2.75, 3.05) is 26.4 Å². The lowest BCUT2D eigenvalue weighted by Gasteiger charge is -2.25. The third-order valence-electron chi connectivity index (χ3n) is 7.32. The second-order valence-corrected chi connectivity index (χ2v) is 10.7. The van der Waals surface area contributed by atoms with E-state index in [0.717, 1.165) is 49.0 Å². The number of alkyl halides is 2. The van der Waals surface area contributed by atoms with Gasteiger partial charge in [0.05, 0.1) is 31.5 Å². The maximum atomic E-state index is 14.1. The number of halogens is 2. The van der Waals surface area contributed by atoms with Crippen molar-refractivity contribution in [3.63, 3.8) is 0 Å². The minimum atomic E-state index is -3.95. The Morgan fingerprint density at radius 1 is 0.804 bits per heavy atom. The first-order valence-electron chi connectivity index (χ1n) is 15.3. The molecule has 0 radical (unpaired) electrons. The van der Waals surface area contributed by atoms with Crippen molar-refractivity contribution >= 4 is 17.9 Å². The fourth-order valence-electron chi connectivity index (χ4n) is 4.98. The highest BCUT2D eigenvalue weighted by Crippen LogP contribution is 2.52. The summed E-state index contributed by atoms with van der Waals surface area (Å²) in [5.74, 6) is -2.59. The number of rotatable bonds is 18. The number of hydrogen-bond donors (Lipinski definition) is 0. The third-order valence-corrected chi connectivity index (χ3v) is 7.32. The predicted octanol–water partition coefficient (Wildman–Crippen LogP) is 6.28. The molecule has 0 fully saturated rings. The van der Waals surface area contributed by atoms with Crippen molar-refractivity contribution in [2.24, 2.45) is 0 Å². The summed E-state index contributed by atoms with van der Waals surface area (Å²) in [7, 11) is 0. The highest BCUT2D eigenvalue weighted by molar-refractivity contribution is 5.92. The zero-order valence-electron chi connectivity index (χ0n) is 25.6. The maximum absolute atomic E-state index is 14.1. The molecule has 1 atom stereocenters.